The van der Waals surface area contributed by atoms with E-state index in [9.17, 15) is 9.47 Å². The molecule has 1 aromatic rings. The molecule has 1 aliphatic heterocycles. The summed E-state index contributed by atoms with van der Waals surface area (Å²) in [5, 5.41) is 0. The van der Waals surface area contributed by atoms with Crippen molar-refractivity contribution in [1.82, 2.24) is 0 Å². The highest BCUT2D eigenvalue weighted by molar-refractivity contribution is 7.62. The van der Waals surface area contributed by atoms with E-state index in [0.29, 0.717) is 48.0 Å². The van der Waals surface area contributed by atoms with E-state index in [2.05, 4.69) is 34.2 Å². The normalized spacial score (nSPS) is 27.9. The molecule has 1 fully saturated rings. The van der Waals surface area contributed by atoms with Gasteiger partial charge < -0.3 is 10.5 Å². The third kappa shape index (κ3) is 6.20. The summed E-state index contributed by atoms with van der Waals surface area (Å²) < 4.78 is 18.6. The Kier molecular flexibility index (Phi) is 8.63. The van der Waals surface area contributed by atoms with E-state index in [4.69, 9.17) is 15.5 Å². The smallest absolute Gasteiger partial charge is 0.237 e. The Bertz CT molecular complexity index is 972. The van der Waals surface area contributed by atoms with Gasteiger partial charge in [0, 0.05) is 24.6 Å². The molecular formula is C25H37N4O3P. The summed E-state index contributed by atoms with van der Waals surface area (Å²) in [4.78, 5) is 23.3. The first-order chi connectivity index (χ1) is 15.8. The predicted molar refractivity (Wildman–Crippen MR) is 137 cm³/mol. The summed E-state index contributed by atoms with van der Waals surface area (Å²) in [6.07, 6.45) is 5.55. The summed E-state index contributed by atoms with van der Waals surface area (Å²) in [5.74, 6) is 1.33. The molecule has 0 bridgehead atoms. The van der Waals surface area contributed by atoms with E-state index in [1.165, 1.54) is 5.56 Å². The average Bonchev–Trinajstić information content (AvgIpc) is 2.80. The highest BCUT2D eigenvalue weighted by Gasteiger charge is 2.31. The van der Waals surface area contributed by atoms with Crippen LogP contribution >= 0.6 is 7.29 Å². The average molecular weight is 473 g/mol. The van der Waals surface area contributed by atoms with Crippen LogP contribution in [0.15, 0.2) is 50.6 Å². The van der Waals surface area contributed by atoms with Crippen LogP contribution in [-0.4, -0.2) is 36.6 Å². The van der Waals surface area contributed by atoms with Crippen LogP contribution in [0.5, 0.6) is 0 Å². The van der Waals surface area contributed by atoms with E-state index >= 15 is 0 Å². The largest absolute Gasteiger partial charge is 0.467 e. The van der Waals surface area contributed by atoms with Crippen LogP contribution < -0.4 is 5.73 Å². The predicted octanol–water partition coefficient (Wildman–Crippen LogP) is 6.23. The second-order valence-electron chi connectivity index (χ2n) is 9.24. The molecule has 2 atom stereocenters. The van der Waals surface area contributed by atoms with Crippen molar-refractivity contribution < 1.29 is 9.30 Å². The van der Waals surface area contributed by atoms with Crippen LogP contribution in [0.2, 0.25) is 0 Å². The minimum atomic E-state index is -2.89. The molecule has 0 amide bonds. The molecule has 0 saturated heterocycles. The number of nitrogens with two attached hydrogens (primary N) is 1. The van der Waals surface area contributed by atoms with Gasteiger partial charge in [-0.05, 0) is 80.8 Å². The summed E-state index contributed by atoms with van der Waals surface area (Å²) >= 11 is 0. The molecule has 1 heterocycles. The monoisotopic (exact) mass is 472 g/mol. The molecule has 0 radical (unpaired) electrons. The van der Waals surface area contributed by atoms with Crippen molar-refractivity contribution >= 4 is 18.9 Å². The fourth-order valence-corrected chi connectivity index (χ4v) is 7.07. The molecule has 0 spiro atoms. The molecule has 180 valence electrons. The van der Waals surface area contributed by atoms with Gasteiger partial charge in [-0.25, -0.2) is 4.99 Å². The Hall–Kier alpha value is -2.27. The van der Waals surface area contributed by atoms with E-state index in [1.54, 1.807) is 0 Å². The van der Waals surface area contributed by atoms with E-state index < -0.39 is 7.29 Å². The number of ether oxygens (including phenoxy) is 1. The first-order valence-corrected chi connectivity index (χ1v) is 14.1. The highest BCUT2D eigenvalue weighted by atomic mass is 31.2. The number of hydrogen-bond donors (Lipinski definition) is 1. The molecule has 1 aromatic carbocycles. The van der Waals surface area contributed by atoms with Gasteiger partial charge in [0.25, 0.3) is 0 Å². The van der Waals surface area contributed by atoms with Crippen molar-refractivity contribution in [3.63, 3.8) is 0 Å². The van der Waals surface area contributed by atoms with Gasteiger partial charge in [0.1, 0.15) is 11.8 Å². The van der Waals surface area contributed by atoms with Gasteiger partial charge in [-0.3, -0.25) is 9.56 Å². The zero-order chi connectivity index (χ0) is 24.0. The Morgan fingerprint density at radius 1 is 1.18 bits per heavy atom. The molecule has 2 N–H and O–H groups in total. The maximum atomic E-state index is 12.6. The Balaban J connectivity index is 1.68. The second kappa shape index (κ2) is 11.2. The van der Waals surface area contributed by atoms with Crippen LogP contribution in [0.3, 0.4) is 0 Å². The number of aliphatic imine (C=N–C) groups is 2. The molecule has 1 aliphatic carbocycles. The fourth-order valence-electron chi connectivity index (χ4n) is 4.87. The Labute approximate surface area is 197 Å². The second-order valence-corrected chi connectivity index (χ2v) is 11.9. The number of nitroso groups, excluding NO2 is 1. The number of benzene rings is 1. The first kappa shape index (κ1) is 25.4. The topological polar surface area (TPSA) is 106 Å². The van der Waals surface area contributed by atoms with E-state index in [0.717, 1.165) is 43.4 Å². The summed E-state index contributed by atoms with van der Waals surface area (Å²) in [7, 11) is -2.89. The summed E-state index contributed by atoms with van der Waals surface area (Å²) in [5.41, 5.74) is 10.4. The molecule has 2 aliphatic rings. The SMILES string of the molecule is CCCP(=O)(C[C@H]1CC[C@H](c2ccc(C3=NC(=C(/C)N)/C(=N\CC)OC3C)cc2)CC1)N=O. The minimum absolute atomic E-state index is 0.204. The number of allylic oxidation sites excluding steroid dienone is 1. The Morgan fingerprint density at radius 2 is 1.85 bits per heavy atom. The van der Waals surface area contributed by atoms with Crippen molar-refractivity contribution in [1.29, 1.82) is 0 Å². The molecular weight excluding hydrogens is 435 g/mol. The van der Waals surface area contributed by atoms with Crippen molar-refractivity contribution in [2.45, 2.75) is 71.8 Å². The van der Waals surface area contributed by atoms with Crippen molar-refractivity contribution in [3.05, 3.63) is 51.7 Å². The Morgan fingerprint density at radius 3 is 2.39 bits per heavy atom. The summed E-state index contributed by atoms with van der Waals surface area (Å²) in [6.45, 7) is 8.32. The van der Waals surface area contributed by atoms with Gasteiger partial charge >= 0.3 is 0 Å². The van der Waals surface area contributed by atoms with Gasteiger partial charge in [0.05, 0.1) is 5.71 Å². The van der Waals surface area contributed by atoms with Crippen LogP contribution in [0, 0.1) is 10.8 Å². The van der Waals surface area contributed by atoms with Crippen molar-refractivity contribution in [2.75, 3.05) is 18.9 Å². The highest BCUT2D eigenvalue weighted by Crippen LogP contribution is 2.52. The lowest BCUT2D eigenvalue weighted by molar-refractivity contribution is 0.267. The quantitative estimate of drug-likeness (QED) is 0.357. The van der Waals surface area contributed by atoms with Crippen LogP contribution in [0.25, 0.3) is 0 Å². The lowest BCUT2D eigenvalue weighted by Crippen LogP contribution is -2.32. The molecule has 0 aromatic heterocycles. The maximum absolute atomic E-state index is 12.6. The lowest BCUT2D eigenvalue weighted by atomic mass is 9.79. The maximum Gasteiger partial charge on any atom is 0.237 e. The van der Waals surface area contributed by atoms with Crippen LogP contribution in [-0.2, 0) is 9.30 Å². The summed E-state index contributed by atoms with van der Waals surface area (Å²) in [6, 6.07) is 8.58. The third-order valence-electron chi connectivity index (χ3n) is 6.57. The molecule has 3 rings (SSSR count). The van der Waals surface area contributed by atoms with Gasteiger partial charge in [-0.1, -0.05) is 31.2 Å². The van der Waals surface area contributed by atoms with Gasteiger partial charge in [-0.15, -0.1) is 4.91 Å². The van der Waals surface area contributed by atoms with Gasteiger partial charge in [0.2, 0.25) is 13.2 Å². The fraction of sp³-hybridized carbons (Fsp3) is 0.600. The minimum Gasteiger partial charge on any atom is -0.467 e. The molecule has 2 unspecified atom stereocenters. The first-order valence-electron chi connectivity index (χ1n) is 12.1. The molecule has 7 nitrogen and oxygen atoms in total. The van der Waals surface area contributed by atoms with Crippen molar-refractivity contribution in [2.24, 2.45) is 26.6 Å². The lowest BCUT2D eigenvalue weighted by Gasteiger charge is -2.30. The van der Waals surface area contributed by atoms with E-state index in [-0.39, 0.29) is 6.10 Å². The van der Waals surface area contributed by atoms with Gasteiger partial charge in [-0.2, -0.15) is 0 Å². The third-order valence-corrected chi connectivity index (χ3v) is 9.10. The molecule has 33 heavy (non-hydrogen) atoms. The van der Waals surface area contributed by atoms with Crippen molar-refractivity contribution in [3.8, 4) is 0 Å². The van der Waals surface area contributed by atoms with Gasteiger partial charge in [0.15, 0.2) is 0 Å². The zero-order valence-corrected chi connectivity index (χ0v) is 21.2. The zero-order valence-electron chi connectivity index (χ0n) is 20.3. The van der Waals surface area contributed by atoms with Crippen LogP contribution in [0.1, 0.15) is 76.8 Å². The number of rotatable bonds is 8. The number of nitrogens with zero attached hydrogens (tertiary/aromatic N) is 3. The van der Waals surface area contributed by atoms with Crippen LogP contribution in [0.4, 0.5) is 0 Å². The number of hydrogen-bond acceptors (Lipinski definition) is 6. The standard InChI is InChI=1S/C25H37N4O3P/c1-5-15-33(31,29-30)16-19-7-9-20(10-8-19)21-11-13-22(14-12-21)24-18(4)32-25(27-6-2)23(28-24)17(3)26/h11-14,18-20H,5-10,15-16,26H2,1-4H3/b23-17-,27-25+/t18?,19-,20-,33?. The molecule has 8 heteroatoms. The van der Waals surface area contributed by atoms with E-state index in [1.807, 2.05) is 27.7 Å². The molecule has 1 saturated carbocycles.